The highest BCUT2D eigenvalue weighted by atomic mass is 32.1. The molecule has 0 aliphatic carbocycles. The second-order valence-electron chi connectivity index (χ2n) is 8.15. The van der Waals surface area contributed by atoms with E-state index < -0.39 is 17.7 Å². The fraction of sp³-hybridized carbons (Fsp3) is 0.0385. The molecular weight excluding hydrogens is 481 g/mol. The lowest BCUT2D eigenvalue weighted by atomic mass is 10.1. The van der Waals surface area contributed by atoms with Crippen molar-refractivity contribution in [2.24, 2.45) is 0 Å². The number of thiazole rings is 1. The summed E-state index contributed by atoms with van der Waals surface area (Å²) in [6, 6.07) is 19.6. The van der Waals surface area contributed by atoms with Crippen molar-refractivity contribution in [3.8, 4) is 11.3 Å². The molecule has 6 rings (SSSR count). The second kappa shape index (κ2) is 8.51. The summed E-state index contributed by atoms with van der Waals surface area (Å²) in [6.45, 7) is 0.153. The molecule has 8 nitrogen and oxygen atoms in total. The predicted molar refractivity (Wildman–Crippen MR) is 131 cm³/mol. The Morgan fingerprint density at radius 2 is 1.69 bits per heavy atom. The largest absolute Gasteiger partial charge is 0.289 e. The number of carbonyl (C=O) groups excluding carboxylic acids is 3. The van der Waals surface area contributed by atoms with Crippen molar-refractivity contribution in [3.63, 3.8) is 0 Å². The van der Waals surface area contributed by atoms with E-state index in [0.29, 0.717) is 10.7 Å². The van der Waals surface area contributed by atoms with E-state index in [-0.39, 0.29) is 35.0 Å². The van der Waals surface area contributed by atoms with Crippen LogP contribution in [0.5, 0.6) is 0 Å². The minimum Gasteiger partial charge on any atom is -0.289 e. The van der Waals surface area contributed by atoms with Crippen LogP contribution in [0.4, 0.5) is 10.3 Å². The number of hydrogen-bond donors (Lipinski definition) is 1. The van der Waals surface area contributed by atoms with Crippen LogP contribution in [-0.2, 0) is 6.54 Å². The van der Waals surface area contributed by atoms with Crippen LogP contribution in [0.15, 0.2) is 78.2 Å². The average molecular weight is 498 g/mol. The lowest BCUT2D eigenvalue weighted by Crippen LogP contribution is -2.29. The van der Waals surface area contributed by atoms with Gasteiger partial charge in [0.25, 0.3) is 23.7 Å². The molecule has 0 bridgehead atoms. The van der Waals surface area contributed by atoms with Gasteiger partial charge in [-0.05, 0) is 48.0 Å². The molecule has 0 fully saturated rings. The van der Waals surface area contributed by atoms with Gasteiger partial charge in [-0.15, -0.1) is 16.4 Å². The van der Waals surface area contributed by atoms with E-state index in [0.717, 1.165) is 11.1 Å². The van der Waals surface area contributed by atoms with E-state index in [1.165, 1.54) is 46.6 Å². The molecule has 0 atom stereocenters. The first kappa shape index (κ1) is 21.8. The average Bonchev–Trinajstić information content (AvgIpc) is 3.53. The Hall–Kier alpha value is -4.70. The van der Waals surface area contributed by atoms with Crippen molar-refractivity contribution in [1.82, 2.24) is 19.5 Å². The fourth-order valence-corrected chi connectivity index (χ4v) is 4.90. The first-order valence-corrected chi connectivity index (χ1v) is 11.8. The summed E-state index contributed by atoms with van der Waals surface area (Å²) < 4.78 is 14.8. The summed E-state index contributed by atoms with van der Waals surface area (Å²) in [6.07, 6.45) is 0. The Balaban J connectivity index is 1.23. The van der Waals surface area contributed by atoms with Crippen molar-refractivity contribution in [2.75, 3.05) is 5.32 Å². The summed E-state index contributed by atoms with van der Waals surface area (Å²) in [5.74, 6) is -1.60. The predicted octanol–water partition coefficient (Wildman–Crippen LogP) is 4.65. The molecule has 1 aliphatic heterocycles. The Kier molecular flexibility index (Phi) is 5.15. The lowest BCUT2D eigenvalue weighted by Gasteiger charge is -2.13. The molecule has 3 heterocycles. The van der Waals surface area contributed by atoms with E-state index in [4.69, 9.17) is 0 Å². The summed E-state index contributed by atoms with van der Waals surface area (Å²) >= 11 is 1.33. The van der Waals surface area contributed by atoms with E-state index >= 15 is 0 Å². The number of carbonyl (C=O) groups is 3. The van der Waals surface area contributed by atoms with Crippen LogP contribution in [0.1, 0.15) is 36.6 Å². The molecule has 176 valence electrons. The standard InChI is InChI=1S/C26H16FN5O3S/c27-18-9-6-16(7-10-18)21-14-36-26-29-25(30-32(21)26)28-22(33)17-8-11-19-20(12-17)24(35)31(23(19)34)13-15-4-2-1-3-5-15/h1-12,14H,13H2,(H,28,30,33). The van der Waals surface area contributed by atoms with E-state index in [1.807, 2.05) is 35.7 Å². The Bertz CT molecular complexity index is 1660. The number of fused-ring (bicyclic) bond motifs is 2. The highest BCUT2D eigenvalue weighted by Gasteiger charge is 2.36. The lowest BCUT2D eigenvalue weighted by molar-refractivity contribution is 0.0642. The van der Waals surface area contributed by atoms with Gasteiger partial charge in [0.2, 0.25) is 4.96 Å². The molecule has 10 heteroatoms. The van der Waals surface area contributed by atoms with Gasteiger partial charge in [-0.25, -0.2) is 8.91 Å². The first-order chi connectivity index (χ1) is 17.5. The third-order valence-electron chi connectivity index (χ3n) is 5.86. The topological polar surface area (TPSA) is 96.7 Å². The maximum atomic E-state index is 13.3. The SMILES string of the molecule is O=C(Nc1nc2scc(-c3ccc(F)cc3)n2n1)c1ccc2c(c1)C(=O)N(Cc1ccccc1)C2=O. The van der Waals surface area contributed by atoms with Gasteiger partial charge in [-0.3, -0.25) is 24.6 Å². The van der Waals surface area contributed by atoms with Crippen LogP contribution < -0.4 is 5.32 Å². The summed E-state index contributed by atoms with van der Waals surface area (Å²) in [5.41, 5.74) is 2.94. The van der Waals surface area contributed by atoms with Gasteiger partial charge < -0.3 is 0 Å². The monoisotopic (exact) mass is 497 g/mol. The molecule has 2 aromatic heterocycles. The number of rotatable bonds is 5. The number of nitrogens with one attached hydrogen (secondary N) is 1. The van der Waals surface area contributed by atoms with E-state index in [1.54, 1.807) is 16.6 Å². The summed E-state index contributed by atoms with van der Waals surface area (Å²) in [7, 11) is 0. The van der Waals surface area contributed by atoms with Crippen molar-refractivity contribution in [2.45, 2.75) is 6.54 Å². The zero-order valence-corrected chi connectivity index (χ0v) is 19.3. The second-order valence-corrected chi connectivity index (χ2v) is 8.99. The van der Waals surface area contributed by atoms with Gasteiger partial charge in [0.1, 0.15) is 5.82 Å². The van der Waals surface area contributed by atoms with Crippen molar-refractivity contribution < 1.29 is 18.8 Å². The smallest absolute Gasteiger partial charge is 0.261 e. The van der Waals surface area contributed by atoms with Crippen molar-refractivity contribution in [3.05, 3.63) is 106 Å². The van der Waals surface area contributed by atoms with Crippen LogP contribution in [0.3, 0.4) is 0 Å². The highest BCUT2D eigenvalue weighted by molar-refractivity contribution is 7.15. The van der Waals surface area contributed by atoms with Gasteiger partial charge in [0, 0.05) is 16.5 Å². The normalized spacial score (nSPS) is 12.9. The molecule has 5 aromatic rings. The van der Waals surface area contributed by atoms with Crippen molar-refractivity contribution >= 4 is 40.0 Å². The molecule has 0 saturated carbocycles. The van der Waals surface area contributed by atoms with Crippen LogP contribution in [0.2, 0.25) is 0 Å². The third kappa shape index (κ3) is 3.73. The maximum absolute atomic E-state index is 13.3. The van der Waals surface area contributed by atoms with Gasteiger partial charge in [-0.2, -0.15) is 4.98 Å². The minimum atomic E-state index is -0.513. The number of anilines is 1. The zero-order chi connectivity index (χ0) is 24.8. The van der Waals surface area contributed by atoms with Crippen LogP contribution in [0, 0.1) is 5.82 Å². The third-order valence-corrected chi connectivity index (χ3v) is 6.68. The van der Waals surface area contributed by atoms with Crippen LogP contribution in [0.25, 0.3) is 16.2 Å². The Morgan fingerprint density at radius 3 is 2.47 bits per heavy atom. The van der Waals surface area contributed by atoms with Crippen molar-refractivity contribution in [1.29, 1.82) is 0 Å². The number of benzene rings is 3. The number of amides is 3. The molecule has 0 unspecified atom stereocenters. The van der Waals surface area contributed by atoms with Crippen LogP contribution in [-0.4, -0.2) is 37.2 Å². The molecule has 36 heavy (non-hydrogen) atoms. The number of imide groups is 1. The highest BCUT2D eigenvalue weighted by Crippen LogP contribution is 2.28. The van der Waals surface area contributed by atoms with Gasteiger partial charge >= 0.3 is 0 Å². The molecule has 0 saturated heterocycles. The number of hydrogen-bond acceptors (Lipinski definition) is 6. The first-order valence-electron chi connectivity index (χ1n) is 10.9. The quantitative estimate of drug-likeness (QED) is 0.357. The Labute approximate surface area is 207 Å². The van der Waals surface area contributed by atoms with E-state index in [9.17, 15) is 18.8 Å². The molecule has 3 amide bonds. The number of aromatic nitrogens is 3. The minimum absolute atomic E-state index is 0.0869. The number of halogens is 1. The van der Waals surface area contributed by atoms with Gasteiger partial charge in [-0.1, -0.05) is 30.3 Å². The zero-order valence-electron chi connectivity index (χ0n) is 18.5. The molecule has 0 spiro atoms. The summed E-state index contributed by atoms with van der Waals surface area (Å²) in [5, 5.41) is 8.85. The maximum Gasteiger partial charge on any atom is 0.261 e. The molecule has 3 aromatic carbocycles. The molecular formula is C26H16FN5O3S. The molecule has 1 N–H and O–H groups in total. The van der Waals surface area contributed by atoms with Gasteiger partial charge in [0.15, 0.2) is 0 Å². The van der Waals surface area contributed by atoms with Gasteiger partial charge in [0.05, 0.1) is 23.4 Å². The summed E-state index contributed by atoms with van der Waals surface area (Å²) in [4.78, 5) is 44.7. The van der Waals surface area contributed by atoms with E-state index in [2.05, 4.69) is 15.4 Å². The Morgan fingerprint density at radius 1 is 0.944 bits per heavy atom. The number of nitrogens with zero attached hydrogens (tertiary/aromatic N) is 4. The molecule has 0 radical (unpaired) electrons. The fourth-order valence-electron chi connectivity index (χ4n) is 4.07. The van der Waals surface area contributed by atoms with Crippen LogP contribution >= 0.6 is 11.3 Å². The molecule has 1 aliphatic rings.